The molecule has 0 unspecified atom stereocenters. The van der Waals surface area contributed by atoms with Crippen LogP contribution in [0.1, 0.15) is 40.5 Å². The van der Waals surface area contributed by atoms with Gasteiger partial charge in [0.05, 0.1) is 26.2 Å². The Morgan fingerprint density at radius 3 is 2.00 bits per heavy atom. The minimum absolute atomic E-state index is 0. The molecular formula is C11H24IN. The van der Waals surface area contributed by atoms with E-state index in [4.69, 9.17) is 0 Å². The summed E-state index contributed by atoms with van der Waals surface area (Å²) < 4.78 is 1.35. The highest BCUT2D eigenvalue weighted by atomic mass is 127. The van der Waals surface area contributed by atoms with E-state index in [1.807, 2.05) is 0 Å². The Kier molecular flexibility index (Phi) is 5.23. The van der Waals surface area contributed by atoms with E-state index in [2.05, 4.69) is 27.7 Å². The summed E-state index contributed by atoms with van der Waals surface area (Å²) in [5, 5.41) is 0. The van der Waals surface area contributed by atoms with Gasteiger partial charge in [0.2, 0.25) is 0 Å². The number of hydrogen-bond acceptors (Lipinski definition) is 0. The summed E-state index contributed by atoms with van der Waals surface area (Å²) >= 11 is 0. The Morgan fingerprint density at radius 1 is 1.15 bits per heavy atom. The summed E-state index contributed by atoms with van der Waals surface area (Å²) in [6.45, 7) is 15.0. The van der Waals surface area contributed by atoms with Crippen molar-refractivity contribution in [3.8, 4) is 0 Å². The minimum atomic E-state index is 0. The first-order valence-electron chi connectivity index (χ1n) is 5.39. The van der Waals surface area contributed by atoms with Crippen molar-refractivity contribution in [1.82, 2.24) is 0 Å². The fraction of sp³-hybridized carbons (Fsp3) is 1.00. The van der Waals surface area contributed by atoms with Gasteiger partial charge in [-0.05, 0) is 26.7 Å². The first-order chi connectivity index (χ1) is 5.54. The summed E-state index contributed by atoms with van der Waals surface area (Å²) in [5.74, 6) is 0. The molecule has 13 heavy (non-hydrogen) atoms. The average Bonchev–Trinajstić information content (AvgIpc) is 2.02. The van der Waals surface area contributed by atoms with E-state index in [1.54, 1.807) is 0 Å². The monoisotopic (exact) mass is 297 g/mol. The summed E-state index contributed by atoms with van der Waals surface area (Å²) in [7, 11) is 0. The van der Waals surface area contributed by atoms with Crippen LogP contribution in [0.2, 0.25) is 0 Å². The number of rotatable bonds is 2. The standard InChI is InChI=1S/C11H24N.HI/c1-5-12(6-2)9-7-8-11(3,4)10-12;/h5-10H2,1-4H3;1H/q+1;/p-1. The van der Waals surface area contributed by atoms with Gasteiger partial charge in [-0.3, -0.25) is 0 Å². The Bertz CT molecular complexity index is 150. The molecule has 1 saturated heterocycles. The van der Waals surface area contributed by atoms with Crippen LogP contribution in [0.4, 0.5) is 0 Å². The summed E-state index contributed by atoms with van der Waals surface area (Å²) in [4.78, 5) is 0. The third kappa shape index (κ3) is 3.39. The van der Waals surface area contributed by atoms with E-state index in [0.29, 0.717) is 5.41 Å². The molecule has 0 saturated carbocycles. The van der Waals surface area contributed by atoms with Crippen LogP contribution in [0.25, 0.3) is 0 Å². The molecule has 0 spiro atoms. The molecule has 1 aliphatic heterocycles. The van der Waals surface area contributed by atoms with Gasteiger partial charge in [0.25, 0.3) is 0 Å². The van der Waals surface area contributed by atoms with Gasteiger partial charge in [0.15, 0.2) is 0 Å². The third-order valence-corrected chi connectivity index (χ3v) is 3.59. The van der Waals surface area contributed by atoms with Gasteiger partial charge in [0.1, 0.15) is 0 Å². The Balaban J connectivity index is 0.00000144. The summed E-state index contributed by atoms with van der Waals surface area (Å²) in [6.07, 6.45) is 2.85. The number of halogens is 1. The zero-order chi connectivity index (χ0) is 9.24. The van der Waals surface area contributed by atoms with E-state index in [1.165, 1.54) is 43.5 Å². The lowest BCUT2D eigenvalue weighted by Gasteiger charge is -2.46. The number of nitrogens with zero attached hydrogens (tertiary/aromatic N) is 1. The van der Waals surface area contributed by atoms with E-state index in [9.17, 15) is 0 Å². The molecule has 1 fully saturated rings. The van der Waals surface area contributed by atoms with Crippen molar-refractivity contribution in [2.24, 2.45) is 5.41 Å². The Morgan fingerprint density at radius 2 is 1.69 bits per heavy atom. The van der Waals surface area contributed by atoms with Gasteiger partial charge < -0.3 is 28.5 Å². The molecule has 0 aliphatic carbocycles. The molecule has 1 nitrogen and oxygen atoms in total. The second-order valence-electron chi connectivity index (χ2n) is 5.12. The third-order valence-electron chi connectivity index (χ3n) is 3.59. The second-order valence-corrected chi connectivity index (χ2v) is 5.12. The van der Waals surface area contributed by atoms with Crippen LogP contribution in [-0.2, 0) is 0 Å². The minimum Gasteiger partial charge on any atom is -1.00 e. The Labute approximate surface area is 100 Å². The number of quaternary nitrogens is 1. The second kappa shape index (κ2) is 4.96. The molecule has 0 N–H and O–H groups in total. The molecule has 0 aromatic heterocycles. The van der Waals surface area contributed by atoms with Crippen molar-refractivity contribution >= 4 is 0 Å². The van der Waals surface area contributed by atoms with Crippen molar-refractivity contribution < 1.29 is 28.5 Å². The van der Waals surface area contributed by atoms with Gasteiger partial charge in [-0.25, -0.2) is 0 Å². The molecule has 0 atom stereocenters. The van der Waals surface area contributed by atoms with E-state index < -0.39 is 0 Å². The van der Waals surface area contributed by atoms with Gasteiger partial charge in [0, 0.05) is 5.41 Å². The fourth-order valence-electron chi connectivity index (χ4n) is 2.72. The maximum absolute atomic E-state index is 2.42. The van der Waals surface area contributed by atoms with Crippen LogP contribution in [0.5, 0.6) is 0 Å². The zero-order valence-electron chi connectivity index (χ0n) is 9.57. The first kappa shape index (κ1) is 13.7. The average molecular weight is 297 g/mol. The van der Waals surface area contributed by atoms with Crippen LogP contribution >= 0.6 is 0 Å². The highest BCUT2D eigenvalue weighted by Gasteiger charge is 2.36. The fourth-order valence-corrected chi connectivity index (χ4v) is 2.72. The van der Waals surface area contributed by atoms with Crippen molar-refractivity contribution in [1.29, 1.82) is 0 Å². The predicted octanol–water partition coefficient (Wildman–Crippen LogP) is -0.333. The maximum Gasteiger partial charge on any atom is 0.0838 e. The predicted molar refractivity (Wildman–Crippen MR) is 54.1 cm³/mol. The van der Waals surface area contributed by atoms with Crippen LogP contribution in [0.3, 0.4) is 0 Å². The normalized spacial score (nSPS) is 24.9. The molecule has 0 bridgehead atoms. The zero-order valence-corrected chi connectivity index (χ0v) is 11.7. The van der Waals surface area contributed by atoms with Gasteiger partial charge >= 0.3 is 0 Å². The molecule has 1 rings (SSSR count). The molecule has 1 aliphatic rings. The highest BCUT2D eigenvalue weighted by Crippen LogP contribution is 2.32. The van der Waals surface area contributed by atoms with Crippen LogP contribution in [0.15, 0.2) is 0 Å². The number of hydrogen-bond donors (Lipinski definition) is 0. The summed E-state index contributed by atoms with van der Waals surface area (Å²) in [5.41, 5.74) is 0.588. The quantitative estimate of drug-likeness (QED) is 0.483. The number of piperidine rings is 1. The maximum atomic E-state index is 2.42. The highest BCUT2D eigenvalue weighted by molar-refractivity contribution is 4.72. The number of likely N-dealkylation sites (tertiary alicyclic amines) is 1. The van der Waals surface area contributed by atoms with Crippen LogP contribution in [0, 0.1) is 5.41 Å². The van der Waals surface area contributed by atoms with Gasteiger partial charge in [-0.1, -0.05) is 13.8 Å². The Hall–Kier alpha value is 0.690. The van der Waals surface area contributed by atoms with Gasteiger partial charge in [-0.15, -0.1) is 0 Å². The lowest BCUT2D eigenvalue weighted by Crippen LogP contribution is -3.00. The molecule has 0 aromatic rings. The SMILES string of the molecule is CC[N+]1(CC)CCCC(C)(C)C1.[I-]. The molecule has 1 heterocycles. The van der Waals surface area contributed by atoms with E-state index in [0.717, 1.165) is 0 Å². The van der Waals surface area contributed by atoms with E-state index in [-0.39, 0.29) is 24.0 Å². The van der Waals surface area contributed by atoms with Crippen molar-refractivity contribution in [3.05, 3.63) is 0 Å². The molecule has 0 aromatic carbocycles. The van der Waals surface area contributed by atoms with Crippen molar-refractivity contribution in [3.63, 3.8) is 0 Å². The topological polar surface area (TPSA) is 0 Å². The van der Waals surface area contributed by atoms with Crippen molar-refractivity contribution in [2.75, 3.05) is 26.2 Å². The smallest absolute Gasteiger partial charge is 0.0838 e. The summed E-state index contributed by atoms with van der Waals surface area (Å²) in [6, 6.07) is 0. The molecular weight excluding hydrogens is 273 g/mol. The lowest BCUT2D eigenvalue weighted by atomic mass is 9.82. The van der Waals surface area contributed by atoms with Crippen LogP contribution in [-0.4, -0.2) is 30.7 Å². The largest absolute Gasteiger partial charge is 1.00 e. The van der Waals surface area contributed by atoms with Gasteiger partial charge in [-0.2, -0.15) is 0 Å². The lowest BCUT2D eigenvalue weighted by molar-refractivity contribution is -0.935. The van der Waals surface area contributed by atoms with Crippen LogP contribution < -0.4 is 24.0 Å². The molecule has 80 valence electrons. The molecule has 2 heteroatoms. The molecule has 0 radical (unpaired) electrons. The first-order valence-corrected chi connectivity index (χ1v) is 5.39. The van der Waals surface area contributed by atoms with Crippen molar-refractivity contribution in [2.45, 2.75) is 40.5 Å². The van der Waals surface area contributed by atoms with E-state index >= 15 is 0 Å². The molecule has 0 amide bonds.